The smallest absolute Gasteiger partial charge is 0.243 e. The Balaban J connectivity index is 0.00000193. The Morgan fingerprint density at radius 2 is 2.00 bits per heavy atom. The van der Waals surface area contributed by atoms with Crippen LogP contribution in [-0.4, -0.2) is 42.4 Å². The molecule has 0 saturated carbocycles. The molecule has 2 amide bonds. The Morgan fingerprint density at radius 3 is 2.65 bits per heavy atom. The van der Waals surface area contributed by atoms with Crippen LogP contribution in [0.5, 0.6) is 0 Å². The number of nitrogens with zero attached hydrogens (tertiary/aromatic N) is 1. The maximum atomic E-state index is 14.3. The number of hydrogen-bond acceptors (Lipinski definition) is 3. The molecule has 1 aliphatic carbocycles. The molecule has 5 nitrogen and oxygen atoms in total. The minimum absolute atomic E-state index is 0. The highest BCUT2D eigenvalue weighted by Crippen LogP contribution is 2.48. The molecule has 4 rings (SSSR count). The van der Waals surface area contributed by atoms with Crippen molar-refractivity contribution in [2.75, 3.05) is 19.6 Å². The molecule has 174 valence electrons. The van der Waals surface area contributed by atoms with E-state index in [1.165, 1.54) is 12.5 Å². The second-order valence-corrected chi connectivity index (χ2v) is 10.9. The number of benzene rings is 1. The van der Waals surface area contributed by atoms with Crippen molar-refractivity contribution in [2.24, 2.45) is 5.41 Å². The van der Waals surface area contributed by atoms with E-state index in [2.05, 4.69) is 36.3 Å². The van der Waals surface area contributed by atoms with E-state index in [9.17, 15) is 14.0 Å². The van der Waals surface area contributed by atoms with Crippen molar-refractivity contribution in [1.82, 2.24) is 15.5 Å². The minimum Gasteiger partial charge on any atom is -0.348 e. The molecule has 0 bridgehead atoms. The van der Waals surface area contributed by atoms with Crippen LogP contribution < -0.4 is 10.6 Å². The number of rotatable bonds is 4. The van der Waals surface area contributed by atoms with Gasteiger partial charge in [0.05, 0.1) is 6.04 Å². The van der Waals surface area contributed by atoms with Crippen molar-refractivity contribution in [3.8, 4) is 0 Å². The van der Waals surface area contributed by atoms with Crippen LogP contribution in [0, 0.1) is 11.2 Å². The molecule has 2 N–H and O–H groups in total. The molecule has 6 heteroatoms. The first-order valence-electron chi connectivity index (χ1n) is 11.8. The number of amides is 2. The summed E-state index contributed by atoms with van der Waals surface area (Å²) in [6.07, 6.45) is 6.00. The van der Waals surface area contributed by atoms with E-state index in [4.69, 9.17) is 0 Å². The van der Waals surface area contributed by atoms with Crippen molar-refractivity contribution >= 4 is 11.8 Å². The van der Waals surface area contributed by atoms with E-state index in [0.29, 0.717) is 18.3 Å². The fourth-order valence-electron chi connectivity index (χ4n) is 5.45. The zero-order valence-corrected chi connectivity index (χ0v) is 19.1. The van der Waals surface area contributed by atoms with Crippen molar-refractivity contribution in [2.45, 2.75) is 83.2 Å². The lowest BCUT2D eigenvalue weighted by molar-refractivity contribution is -0.126. The molecule has 0 unspecified atom stereocenters. The highest BCUT2D eigenvalue weighted by Gasteiger charge is 2.43. The van der Waals surface area contributed by atoms with Gasteiger partial charge in [-0.25, -0.2) is 4.39 Å². The molecule has 2 aliphatic heterocycles. The van der Waals surface area contributed by atoms with E-state index < -0.39 is 6.04 Å². The highest BCUT2D eigenvalue weighted by atomic mass is 19.1. The monoisotopic (exact) mass is 433 g/mol. The fourth-order valence-corrected chi connectivity index (χ4v) is 5.45. The summed E-state index contributed by atoms with van der Waals surface area (Å²) in [4.78, 5) is 26.7. The number of halogens is 1. The average Bonchev–Trinajstić information content (AvgIpc) is 3.16. The second-order valence-electron chi connectivity index (χ2n) is 10.9. The third-order valence-corrected chi connectivity index (χ3v) is 7.49. The van der Waals surface area contributed by atoms with Gasteiger partial charge in [-0.15, -0.1) is 0 Å². The molecular formula is C25H40FN3O2. The van der Waals surface area contributed by atoms with Gasteiger partial charge in [0.15, 0.2) is 0 Å². The second kappa shape index (κ2) is 8.53. The first kappa shape index (κ1) is 22.3. The Kier molecular flexibility index (Phi) is 6.12. The van der Waals surface area contributed by atoms with E-state index in [1.54, 1.807) is 6.07 Å². The zero-order valence-electron chi connectivity index (χ0n) is 19.1. The van der Waals surface area contributed by atoms with E-state index in [-0.39, 0.29) is 31.9 Å². The Hall–Kier alpha value is -1.95. The topological polar surface area (TPSA) is 61.4 Å². The predicted octanol–water partition coefficient (Wildman–Crippen LogP) is 4.32. The van der Waals surface area contributed by atoms with Gasteiger partial charge in [-0.1, -0.05) is 26.8 Å². The summed E-state index contributed by atoms with van der Waals surface area (Å²) in [5, 5.41) is 5.88. The van der Waals surface area contributed by atoms with Crippen molar-refractivity contribution in [3.05, 3.63) is 35.1 Å². The van der Waals surface area contributed by atoms with Gasteiger partial charge >= 0.3 is 0 Å². The quantitative estimate of drug-likeness (QED) is 0.744. The molecule has 1 spiro atoms. The first-order valence-corrected chi connectivity index (χ1v) is 11.8. The summed E-state index contributed by atoms with van der Waals surface area (Å²) in [6.45, 7) is 10.0. The van der Waals surface area contributed by atoms with Gasteiger partial charge in [0, 0.05) is 9.27 Å². The summed E-state index contributed by atoms with van der Waals surface area (Å²) in [6, 6.07) is 4.50. The Bertz CT molecular complexity index is 851. The SMILES string of the molecule is CC(C)(C)CCN1CCC2(CC[C@@H](NC(=O)[C@@H]3CCC(=O)N3)c3ccc(F)cc32)CC1.[HH].[HH]. The lowest BCUT2D eigenvalue weighted by Gasteiger charge is -2.47. The molecule has 0 aromatic heterocycles. The number of piperidine rings is 1. The maximum absolute atomic E-state index is 14.3. The number of hydrogen-bond donors (Lipinski definition) is 2. The van der Waals surface area contributed by atoms with Crippen LogP contribution in [0.1, 0.15) is 85.7 Å². The van der Waals surface area contributed by atoms with Crippen LogP contribution >= 0.6 is 0 Å². The molecular weight excluding hydrogens is 393 g/mol. The highest BCUT2D eigenvalue weighted by molar-refractivity contribution is 5.91. The van der Waals surface area contributed by atoms with Crippen LogP contribution in [0.4, 0.5) is 4.39 Å². The van der Waals surface area contributed by atoms with Crippen LogP contribution in [0.3, 0.4) is 0 Å². The van der Waals surface area contributed by atoms with Gasteiger partial charge in [-0.3, -0.25) is 9.59 Å². The standard InChI is InChI=1S/C25H36FN3O2.2H2/c1-24(2,3)10-13-29-14-11-25(12-15-29)9-8-20(18-5-4-17(26)16-19(18)25)28-23(31)21-6-7-22(30)27-21;;/h4-5,16,20-21H,6-15H2,1-3H3,(H,27,30)(H,28,31);2*1H/t20-,21+;;/m1../s1. The van der Waals surface area contributed by atoms with E-state index in [1.807, 2.05) is 6.07 Å². The third kappa shape index (κ3) is 4.94. The lowest BCUT2D eigenvalue weighted by atomic mass is 9.63. The maximum Gasteiger partial charge on any atom is 0.243 e. The summed E-state index contributed by atoms with van der Waals surface area (Å²) in [5.74, 6) is -0.397. The molecule has 2 fully saturated rings. The summed E-state index contributed by atoms with van der Waals surface area (Å²) in [5.41, 5.74) is 2.46. The van der Waals surface area contributed by atoms with Gasteiger partial charge in [-0.2, -0.15) is 0 Å². The zero-order chi connectivity index (χ0) is 22.2. The predicted molar refractivity (Wildman–Crippen MR) is 123 cm³/mol. The van der Waals surface area contributed by atoms with E-state index >= 15 is 0 Å². The normalized spacial score (nSPS) is 25.9. The molecule has 2 saturated heterocycles. The van der Waals surface area contributed by atoms with Gasteiger partial charge < -0.3 is 15.5 Å². The Labute approximate surface area is 188 Å². The Morgan fingerprint density at radius 1 is 1.26 bits per heavy atom. The van der Waals surface area contributed by atoms with Crippen molar-refractivity contribution in [3.63, 3.8) is 0 Å². The van der Waals surface area contributed by atoms with Crippen LogP contribution in [0.2, 0.25) is 0 Å². The summed E-state index contributed by atoms with van der Waals surface area (Å²) >= 11 is 0. The molecule has 0 radical (unpaired) electrons. The molecule has 1 aromatic carbocycles. The van der Waals surface area contributed by atoms with Gasteiger partial charge in [0.2, 0.25) is 11.8 Å². The fraction of sp³-hybridized carbons (Fsp3) is 0.680. The van der Waals surface area contributed by atoms with Gasteiger partial charge in [-0.05, 0) is 92.2 Å². The van der Waals surface area contributed by atoms with E-state index in [0.717, 1.165) is 56.4 Å². The molecule has 2 heterocycles. The first-order chi connectivity index (χ1) is 14.7. The van der Waals surface area contributed by atoms with Crippen LogP contribution in [0.15, 0.2) is 18.2 Å². The van der Waals surface area contributed by atoms with Crippen LogP contribution in [-0.2, 0) is 15.0 Å². The van der Waals surface area contributed by atoms with Gasteiger partial charge in [0.1, 0.15) is 11.9 Å². The van der Waals surface area contributed by atoms with Gasteiger partial charge in [0.25, 0.3) is 0 Å². The van der Waals surface area contributed by atoms with Crippen molar-refractivity contribution in [1.29, 1.82) is 0 Å². The molecule has 2 atom stereocenters. The number of likely N-dealkylation sites (tertiary alicyclic amines) is 1. The number of carbonyl (C=O) groups excluding carboxylic acids is 2. The lowest BCUT2D eigenvalue weighted by Crippen LogP contribution is -2.48. The average molecular weight is 434 g/mol. The molecule has 31 heavy (non-hydrogen) atoms. The third-order valence-electron chi connectivity index (χ3n) is 7.49. The number of fused-ring (bicyclic) bond motifs is 2. The number of nitrogens with one attached hydrogen (secondary N) is 2. The number of carbonyl (C=O) groups is 2. The molecule has 3 aliphatic rings. The minimum atomic E-state index is -0.446. The van der Waals surface area contributed by atoms with Crippen molar-refractivity contribution < 1.29 is 16.8 Å². The summed E-state index contributed by atoms with van der Waals surface area (Å²) < 4.78 is 14.3. The largest absolute Gasteiger partial charge is 0.348 e. The summed E-state index contributed by atoms with van der Waals surface area (Å²) in [7, 11) is 0. The van der Waals surface area contributed by atoms with Crippen LogP contribution in [0.25, 0.3) is 0 Å². The molecule has 1 aromatic rings.